The minimum atomic E-state index is 0.0744. The summed E-state index contributed by atoms with van der Waals surface area (Å²) < 4.78 is 7.13. The van der Waals surface area contributed by atoms with Gasteiger partial charge in [0.15, 0.2) is 5.16 Å². The Kier molecular flexibility index (Phi) is 5.08. The first-order valence-electron chi connectivity index (χ1n) is 9.61. The zero-order chi connectivity index (χ0) is 19.0. The Balaban J connectivity index is 1.78. The highest BCUT2D eigenvalue weighted by molar-refractivity contribution is 7.98. The Morgan fingerprint density at radius 3 is 2.85 bits per heavy atom. The fourth-order valence-corrected chi connectivity index (χ4v) is 5.00. The number of aromatic nitrogens is 3. The topological polar surface area (TPSA) is 60.9 Å². The highest BCUT2D eigenvalue weighted by Crippen LogP contribution is 2.39. The Bertz CT molecular complexity index is 1010. The van der Waals surface area contributed by atoms with Gasteiger partial charge in [-0.15, -0.1) is 0 Å². The van der Waals surface area contributed by atoms with Gasteiger partial charge in [0.1, 0.15) is 5.76 Å². The third-order valence-electron chi connectivity index (χ3n) is 5.80. The van der Waals surface area contributed by atoms with Crippen molar-refractivity contribution in [3.05, 3.63) is 52.1 Å². The van der Waals surface area contributed by atoms with Crippen molar-refractivity contribution in [3.8, 4) is 0 Å². The fraction of sp³-hybridized carbons (Fsp3) is 0.476. The monoisotopic (exact) mass is 383 g/mol. The Morgan fingerprint density at radius 1 is 1.26 bits per heavy atom. The molecule has 0 amide bonds. The standard InChI is InChI=1S/C21H25N3O2S/c1-13-7-6-10-19(15(13)3)24-20(25)17-8-4-5-9-18(17)22-21(24)27-12-16-11-14(2)26-23-16/h4-5,8-9,11,13,15,19H,6-7,10,12H2,1-3H3/t13-,15-,19+/m1/s1. The first-order chi connectivity index (χ1) is 13.0. The zero-order valence-corrected chi connectivity index (χ0v) is 16.8. The van der Waals surface area contributed by atoms with Crippen LogP contribution in [0, 0.1) is 18.8 Å². The van der Waals surface area contributed by atoms with Gasteiger partial charge in [-0.2, -0.15) is 0 Å². The molecule has 1 aliphatic carbocycles. The number of benzene rings is 1. The maximum Gasteiger partial charge on any atom is 0.262 e. The Hall–Kier alpha value is -2.08. The summed E-state index contributed by atoms with van der Waals surface area (Å²) in [6, 6.07) is 9.76. The number of hydrogen-bond acceptors (Lipinski definition) is 5. The van der Waals surface area contributed by atoms with Gasteiger partial charge < -0.3 is 4.52 Å². The van der Waals surface area contributed by atoms with Crippen LogP contribution < -0.4 is 5.56 Å². The number of rotatable bonds is 4. The predicted octanol–water partition coefficient (Wildman–Crippen LogP) is 4.98. The van der Waals surface area contributed by atoms with Gasteiger partial charge in [-0.05, 0) is 37.3 Å². The molecule has 1 fully saturated rings. The lowest BCUT2D eigenvalue weighted by Crippen LogP contribution is -2.35. The van der Waals surface area contributed by atoms with Crippen molar-refractivity contribution in [3.63, 3.8) is 0 Å². The molecule has 0 spiro atoms. The normalized spacial score (nSPS) is 23.0. The summed E-state index contributed by atoms with van der Waals surface area (Å²) in [5.41, 5.74) is 1.70. The maximum atomic E-state index is 13.4. The van der Waals surface area contributed by atoms with Crippen LogP contribution in [0.5, 0.6) is 0 Å². The SMILES string of the molecule is Cc1cc(CSc2nc3ccccc3c(=O)n2[C@H]2CCC[C@@H](C)[C@H]2C)no1. The highest BCUT2D eigenvalue weighted by Gasteiger charge is 2.31. The summed E-state index contributed by atoms with van der Waals surface area (Å²) in [7, 11) is 0. The summed E-state index contributed by atoms with van der Waals surface area (Å²) in [6.45, 7) is 6.45. The van der Waals surface area contributed by atoms with E-state index in [0.29, 0.717) is 23.0 Å². The van der Waals surface area contributed by atoms with Crippen LogP contribution in [0.2, 0.25) is 0 Å². The smallest absolute Gasteiger partial charge is 0.262 e. The fourth-order valence-electron chi connectivity index (χ4n) is 4.06. The van der Waals surface area contributed by atoms with Crippen LogP contribution in [0.1, 0.15) is 50.6 Å². The molecule has 0 bridgehead atoms. The van der Waals surface area contributed by atoms with Crippen LogP contribution in [-0.2, 0) is 5.75 Å². The quantitative estimate of drug-likeness (QED) is 0.469. The number of nitrogens with zero attached hydrogens (tertiary/aromatic N) is 3. The maximum absolute atomic E-state index is 13.4. The van der Waals surface area contributed by atoms with Crippen LogP contribution in [0.15, 0.2) is 44.8 Å². The molecule has 0 saturated heterocycles. The molecule has 0 unspecified atom stereocenters. The van der Waals surface area contributed by atoms with E-state index in [1.807, 2.05) is 41.8 Å². The molecule has 1 aliphatic rings. The van der Waals surface area contributed by atoms with Gasteiger partial charge in [0.05, 0.1) is 16.6 Å². The van der Waals surface area contributed by atoms with Gasteiger partial charge in [0.25, 0.3) is 5.56 Å². The second-order valence-corrected chi connectivity index (χ2v) is 8.58. The molecule has 0 N–H and O–H groups in total. The molecule has 3 atom stereocenters. The summed E-state index contributed by atoms with van der Waals surface area (Å²) in [6.07, 6.45) is 3.41. The average Bonchev–Trinajstić information content (AvgIpc) is 3.08. The van der Waals surface area contributed by atoms with Crippen molar-refractivity contribution in [2.24, 2.45) is 11.8 Å². The molecule has 27 heavy (non-hydrogen) atoms. The van der Waals surface area contributed by atoms with Gasteiger partial charge in [0.2, 0.25) is 0 Å². The summed E-state index contributed by atoms with van der Waals surface area (Å²) in [5.74, 6) is 2.49. The van der Waals surface area contributed by atoms with E-state index in [9.17, 15) is 4.79 Å². The van der Waals surface area contributed by atoms with E-state index >= 15 is 0 Å². The molecular formula is C21H25N3O2S. The molecule has 5 nitrogen and oxygen atoms in total. The van der Waals surface area contributed by atoms with Gasteiger partial charge in [-0.25, -0.2) is 4.98 Å². The van der Waals surface area contributed by atoms with Gasteiger partial charge in [0, 0.05) is 17.9 Å². The highest BCUT2D eigenvalue weighted by atomic mass is 32.2. The number of para-hydroxylation sites is 1. The van der Waals surface area contributed by atoms with Crippen molar-refractivity contribution in [1.29, 1.82) is 0 Å². The molecule has 3 aromatic rings. The average molecular weight is 384 g/mol. The number of aryl methyl sites for hydroxylation is 1. The molecule has 4 rings (SSSR count). The second kappa shape index (κ2) is 7.50. The van der Waals surface area contributed by atoms with E-state index in [1.165, 1.54) is 6.42 Å². The minimum absolute atomic E-state index is 0.0744. The molecule has 142 valence electrons. The first kappa shape index (κ1) is 18.3. The van der Waals surface area contributed by atoms with E-state index < -0.39 is 0 Å². The van der Waals surface area contributed by atoms with Crippen LogP contribution in [0.3, 0.4) is 0 Å². The lowest BCUT2D eigenvalue weighted by Gasteiger charge is -2.36. The third-order valence-corrected chi connectivity index (χ3v) is 6.78. The Labute approximate surface area is 163 Å². The van der Waals surface area contributed by atoms with Crippen LogP contribution in [0.25, 0.3) is 10.9 Å². The molecule has 6 heteroatoms. The van der Waals surface area contributed by atoms with Gasteiger partial charge >= 0.3 is 0 Å². The van der Waals surface area contributed by atoms with Crippen LogP contribution in [-0.4, -0.2) is 14.7 Å². The summed E-state index contributed by atoms with van der Waals surface area (Å²) in [5, 5.41) is 5.56. The first-order valence-corrected chi connectivity index (χ1v) is 10.6. The van der Waals surface area contributed by atoms with E-state index in [-0.39, 0.29) is 11.6 Å². The van der Waals surface area contributed by atoms with Crippen molar-refractivity contribution in [1.82, 2.24) is 14.7 Å². The third kappa shape index (κ3) is 3.55. The lowest BCUT2D eigenvalue weighted by molar-refractivity contribution is 0.173. The number of hydrogen-bond donors (Lipinski definition) is 0. The van der Waals surface area contributed by atoms with E-state index in [4.69, 9.17) is 9.51 Å². The molecule has 1 aromatic carbocycles. The minimum Gasteiger partial charge on any atom is -0.361 e. The van der Waals surface area contributed by atoms with Crippen molar-refractivity contribution in [2.75, 3.05) is 0 Å². The Morgan fingerprint density at radius 2 is 2.07 bits per heavy atom. The van der Waals surface area contributed by atoms with Crippen molar-refractivity contribution in [2.45, 2.75) is 57.0 Å². The predicted molar refractivity (Wildman–Crippen MR) is 108 cm³/mol. The molecule has 0 radical (unpaired) electrons. The zero-order valence-electron chi connectivity index (χ0n) is 16.0. The molecule has 2 heterocycles. The lowest BCUT2D eigenvalue weighted by atomic mass is 9.78. The van der Waals surface area contributed by atoms with Crippen molar-refractivity contribution >= 4 is 22.7 Å². The van der Waals surface area contributed by atoms with Crippen molar-refractivity contribution < 1.29 is 4.52 Å². The summed E-state index contributed by atoms with van der Waals surface area (Å²) >= 11 is 1.57. The summed E-state index contributed by atoms with van der Waals surface area (Å²) in [4.78, 5) is 18.3. The van der Waals surface area contributed by atoms with Crippen LogP contribution in [0.4, 0.5) is 0 Å². The molecule has 1 saturated carbocycles. The largest absolute Gasteiger partial charge is 0.361 e. The molecule has 0 aliphatic heterocycles. The van der Waals surface area contributed by atoms with Gasteiger partial charge in [-0.1, -0.05) is 55.7 Å². The van der Waals surface area contributed by atoms with E-state index in [0.717, 1.165) is 35.0 Å². The van der Waals surface area contributed by atoms with E-state index in [2.05, 4.69) is 19.0 Å². The molecular weight excluding hydrogens is 358 g/mol. The van der Waals surface area contributed by atoms with Crippen LogP contribution >= 0.6 is 11.8 Å². The van der Waals surface area contributed by atoms with Gasteiger partial charge in [-0.3, -0.25) is 9.36 Å². The molecule has 2 aromatic heterocycles. The number of fused-ring (bicyclic) bond motifs is 1. The second-order valence-electron chi connectivity index (χ2n) is 7.64. The van der Waals surface area contributed by atoms with E-state index in [1.54, 1.807) is 11.8 Å². The number of thioether (sulfide) groups is 1.